The number of ether oxygens (including phenoxy) is 1. The average molecular weight is 254 g/mol. The van der Waals surface area contributed by atoms with E-state index in [1.165, 1.54) is 0 Å². The first kappa shape index (κ1) is 12.1. The second-order valence-electron chi connectivity index (χ2n) is 3.65. The van der Waals surface area contributed by atoms with Crippen LogP contribution in [0.3, 0.4) is 0 Å². The summed E-state index contributed by atoms with van der Waals surface area (Å²) in [5.41, 5.74) is 7.17. The van der Waals surface area contributed by atoms with E-state index in [4.69, 9.17) is 15.6 Å². The summed E-state index contributed by atoms with van der Waals surface area (Å²) in [4.78, 5) is 12.1. The van der Waals surface area contributed by atoms with Crippen molar-refractivity contribution in [2.24, 2.45) is 0 Å². The molecule has 92 valence electrons. The van der Waals surface area contributed by atoms with E-state index in [1.807, 2.05) is 6.07 Å². The lowest BCUT2D eigenvalue weighted by molar-refractivity contribution is -0.118. The summed E-state index contributed by atoms with van der Waals surface area (Å²) < 4.78 is 5.26. The van der Waals surface area contributed by atoms with Gasteiger partial charge in [0, 0.05) is 29.0 Å². The number of nitrogen functional groups attached to an aromatic ring is 1. The Morgan fingerprint density at radius 2 is 2.35 bits per heavy atom. The molecule has 0 saturated heterocycles. The number of carbonyl (C=O) groups is 1. The van der Waals surface area contributed by atoms with Crippen molar-refractivity contribution in [1.29, 1.82) is 0 Å². The molecular weight excluding hydrogens is 240 g/mol. The van der Waals surface area contributed by atoms with Gasteiger partial charge in [0.1, 0.15) is 5.75 Å². The molecule has 5 nitrogen and oxygen atoms in total. The van der Waals surface area contributed by atoms with Gasteiger partial charge < -0.3 is 20.9 Å². The van der Waals surface area contributed by atoms with Crippen LogP contribution in [-0.2, 0) is 4.79 Å². The summed E-state index contributed by atoms with van der Waals surface area (Å²) >= 11 is 1.55. The normalized spacial score (nSPS) is 13.8. The predicted molar refractivity (Wildman–Crippen MR) is 67.4 cm³/mol. The van der Waals surface area contributed by atoms with E-state index in [0.717, 1.165) is 10.6 Å². The van der Waals surface area contributed by atoms with Crippen molar-refractivity contribution in [3.63, 3.8) is 0 Å². The van der Waals surface area contributed by atoms with Gasteiger partial charge in [-0.05, 0) is 12.5 Å². The summed E-state index contributed by atoms with van der Waals surface area (Å²) in [7, 11) is 0. The number of nitrogens with one attached hydrogen (secondary N) is 1. The van der Waals surface area contributed by atoms with Crippen molar-refractivity contribution < 1.29 is 14.6 Å². The molecule has 0 aliphatic carbocycles. The predicted octanol–water partition coefficient (Wildman–Crippen LogP) is 1.07. The third-order valence-corrected chi connectivity index (χ3v) is 3.46. The van der Waals surface area contributed by atoms with Gasteiger partial charge in [0.25, 0.3) is 5.91 Å². The lowest BCUT2D eigenvalue weighted by Crippen LogP contribution is -2.25. The molecule has 1 aliphatic rings. The molecule has 0 unspecified atom stereocenters. The summed E-state index contributed by atoms with van der Waals surface area (Å²) in [5, 5.41) is 11.5. The number of aliphatic hydroxyl groups is 1. The Bertz CT molecular complexity index is 437. The number of amides is 1. The Morgan fingerprint density at radius 1 is 1.53 bits per heavy atom. The molecule has 0 atom stereocenters. The Morgan fingerprint density at radius 3 is 3.12 bits per heavy atom. The number of nitrogens with two attached hydrogens (primary N) is 1. The molecule has 0 fully saturated rings. The van der Waals surface area contributed by atoms with Gasteiger partial charge in [-0.2, -0.15) is 0 Å². The van der Waals surface area contributed by atoms with Gasteiger partial charge in [-0.15, -0.1) is 11.8 Å². The topological polar surface area (TPSA) is 84.6 Å². The van der Waals surface area contributed by atoms with Gasteiger partial charge >= 0.3 is 0 Å². The monoisotopic (exact) mass is 254 g/mol. The summed E-state index contributed by atoms with van der Waals surface area (Å²) in [6.45, 7) is 0.196. The molecule has 1 aromatic rings. The number of carbonyl (C=O) groups excluding carboxylic acids is 1. The van der Waals surface area contributed by atoms with Gasteiger partial charge in [-0.3, -0.25) is 4.79 Å². The van der Waals surface area contributed by atoms with Gasteiger partial charge in [0.05, 0.1) is 5.69 Å². The standard InChI is InChI=1S/C11H14N2O3S/c12-7-4-9-8(13-11(15)6-16-9)5-10(7)17-3-1-2-14/h4-5,14H,1-3,6,12H2,(H,13,15). The van der Waals surface area contributed by atoms with Crippen LogP contribution in [0, 0.1) is 0 Å². The summed E-state index contributed by atoms with van der Waals surface area (Å²) in [5.74, 6) is 1.23. The molecule has 0 bridgehead atoms. The number of anilines is 2. The molecule has 0 radical (unpaired) electrons. The van der Waals surface area contributed by atoms with Crippen molar-refractivity contribution in [3.05, 3.63) is 12.1 Å². The molecule has 0 saturated carbocycles. The third-order valence-electron chi connectivity index (χ3n) is 2.30. The Balaban J connectivity index is 2.17. The molecule has 0 aromatic heterocycles. The van der Waals surface area contributed by atoms with Crippen LogP contribution in [-0.4, -0.2) is 30.0 Å². The first-order chi connectivity index (χ1) is 8.20. The van der Waals surface area contributed by atoms with E-state index in [9.17, 15) is 4.79 Å². The van der Waals surface area contributed by atoms with Gasteiger partial charge in [-0.25, -0.2) is 0 Å². The largest absolute Gasteiger partial charge is 0.482 e. The first-order valence-corrected chi connectivity index (χ1v) is 6.29. The van der Waals surface area contributed by atoms with Crippen LogP contribution in [0.25, 0.3) is 0 Å². The van der Waals surface area contributed by atoms with Crippen LogP contribution in [0.1, 0.15) is 6.42 Å². The average Bonchev–Trinajstić information content (AvgIpc) is 2.31. The Labute approximate surface area is 103 Å². The quantitative estimate of drug-likeness (QED) is 0.425. The maximum atomic E-state index is 11.2. The van der Waals surface area contributed by atoms with Gasteiger partial charge in [-0.1, -0.05) is 0 Å². The highest BCUT2D eigenvalue weighted by molar-refractivity contribution is 7.99. The molecule has 1 aromatic carbocycles. The second kappa shape index (κ2) is 5.29. The van der Waals surface area contributed by atoms with Crippen LogP contribution in [0.2, 0.25) is 0 Å². The SMILES string of the molecule is Nc1cc2c(cc1SCCCO)NC(=O)CO2. The number of rotatable bonds is 4. The number of hydrogen-bond donors (Lipinski definition) is 3. The molecule has 2 rings (SSSR count). The van der Waals surface area contributed by atoms with E-state index in [1.54, 1.807) is 17.8 Å². The van der Waals surface area contributed by atoms with Gasteiger partial charge in [0.2, 0.25) is 0 Å². The first-order valence-electron chi connectivity index (χ1n) is 5.30. The van der Waals surface area contributed by atoms with E-state index < -0.39 is 0 Å². The molecule has 0 spiro atoms. The number of fused-ring (bicyclic) bond motifs is 1. The molecular formula is C11H14N2O3S. The third kappa shape index (κ3) is 2.83. The van der Waals surface area contributed by atoms with Crippen molar-refractivity contribution in [2.75, 3.05) is 30.0 Å². The fraction of sp³-hybridized carbons (Fsp3) is 0.364. The van der Waals surface area contributed by atoms with Crippen LogP contribution in [0.15, 0.2) is 17.0 Å². The molecule has 4 N–H and O–H groups in total. The zero-order valence-corrected chi connectivity index (χ0v) is 10.0. The summed E-state index contributed by atoms with van der Waals surface area (Å²) in [6.07, 6.45) is 0.712. The number of hydrogen-bond acceptors (Lipinski definition) is 5. The molecule has 1 heterocycles. The fourth-order valence-corrected chi connectivity index (χ4v) is 2.41. The van der Waals surface area contributed by atoms with Crippen LogP contribution < -0.4 is 15.8 Å². The summed E-state index contributed by atoms with van der Waals surface area (Å²) in [6, 6.07) is 3.53. The van der Waals surface area contributed by atoms with Crippen molar-refractivity contribution >= 4 is 29.0 Å². The fourth-order valence-electron chi connectivity index (χ4n) is 1.49. The maximum absolute atomic E-state index is 11.2. The van der Waals surface area contributed by atoms with Crippen molar-refractivity contribution in [2.45, 2.75) is 11.3 Å². The van der Waals surface area contributed by atoms with Crippen LogP contribution >= 0.6 is 11.8 Å². The van der Waals surface area contributed by atoms with E-state index in [0.29, 0.717) is 23.5 Å². The zero-order chi connectivity index (χ0) is 12.3. The van der Waals surface area contributed by atoms with Crippen molar-refractivity contribution in [3.8, 4) is 5.75 Å². The minimum Gasteiger partial charge on any atom is -0.482 e. The highest BCUT2D eigenvalue weighted by Crippen LogP contribution is 2.37. The minimum absolute atomic E-state index is 0.0312. The second-order valence-corrected chi connectivity index (χ2v) is 4.79. The number of aliphatic hydroxyl groups excluding tert-OH is 1. The van der Waals surface area contributed by atoms with E-state index in [-0.39, 0.29) is 19.1 Å². The smallest absolute Gasteiger partial charge is 0.262 e. The highest BCUT2D eigenvalue weighted by Gasteiger charge is 2.17. The van der Waals surface area contributed by atoms with E-state index in [2.05, 4.69) is 5.32 Å². The van der Waals surface area contributed by atoms with Crippen LogP contribution in [0.5, 0.6) is 5.75 Å². The van der Waals surface area contributed by atoms with Crippen LogP contribution in [0.4, 0.5) is 11.4 Å². The zero-order valence-electron chi connectivity index (χ0n) is 9.23. The van der Waals surface area contributed by atoms with E-state index >= 15 is 0 Å². The number of benzene rings is 1. The molecule has 1 amide bonds. The highest BCUT2D eigenvalue weighted by atomic mass is 32.2. The van der Waals surface area contributed by atoms with Gasteiger partial charge in [0.15, 0.2) is 6.61 Å². The number of thioether (sulfide) groups is 1. The lowest BCUT2D eigenvalue weighted by Gasteiger charge is -2.19. The minimum atomic E-state index is -0.159. The maximum Gasteiger partial charge on any atom is 0.262 e. The lowest BCUT2D eigenvalue weighted by atomic mass is 10.2. The molecule has 17 heavy (non-hydrogen) atoms. The Hall–Kier alpha value is -1.40. The van der Waals surface area contributed by atoms with Crippen molar-refractivity contribution in [1.82, 2.24) is 0 Å². The Kier molecular flexibility index (Phi) is 3.75. The molecule has 6 heteroatoms. The molecule has 1 aliphatic heterocycles.